The van der Waals surface area contributed by atoms with E-state index in [2.05, 4.69) is 60.0 Å². The summed E-state index contributed by atoms with van der Waals surface area (Å²) in [5, 5.41) is 11.7. The lowest BCUT2D eigenvalue weighted by molar-refractivity contribution is -0.124. The van der Waals surface area contributed by atoms with Gasteiger partial charge in [0.2, 0.25) is 30.1 Å². The van der Waals surface area contributed by atoms with Gasteiger partial charge in [0.15, 0.2) is 11.2 Å². The van der Waals surface area contributed by atoms with Gasteiger partial charge >= 0.3 is 0 Å². The molecule has 22 nitrogen and oxygen atoms in total. The number of fused-ring (bicyclic) bond motifs is 1. The molecule has 1 unspecified atom stereocenters. The molecule has 0 fully saturated rings. The van der Waals surface area contributed by atoms with Crippen LogP contribution in [0.4, 0.5) is 11.6 Å². The quantitative estimate of drug-likeness (QED) is 0.0152. The van der Waals surface area contributed by atoms with Crippen LogP contribution < -0.4 is 31.7 Å². The number of aromatic nitrogens is 4. The predicted molar refractivity (Wildman–Crippen MR) is 376 cm³/mol. The number of nitrogens with one attached hydrogen (secondary N) is 5. The van der Waals surface area contributed by atoms with Gasteiger partial charge in [0, 0.05) is 84.0 Å². The molecule has 5 amide bonds. The van der Waals surface area contributed by atoms with Crippen molar-refractivity contribution in [2.24, 2.45) is 4.99 Å². The van der Waals surface area contributed by atoms with E-state index in [0.717, 1.165) is 19.3 Å². The number of aromatic amines is 1. The number of hydrogen-bond donors (Lipinski definition) is 5. The molecule has 1 atom stereocenters. The Hall–Kier alpha value is -5.94. The molecule has 5 N–H and O–H groups in total. The smallest absolute Gasteiger partial charge is 0.280 e. The number of hydrogen-bond acceptors (Lipinski definition) is 15. The summed E-state index contributed by atoms with van der Waals surface area (Å²) >= 11 is 0. The average Bonchev–Trinajstić information content (AvgIpc) is 0.825. The van der Waals surface area contributed by atoms with Crippen molar-refractivity contribution in [3.05, 3.63) is 52.1 Å². The highest BCUT2D eigenvalue weighted by atomic mass is 16.5. The molecule has 3 rings (SSSR count). The SMILES string of the molecule is CCCCCCCCCCCCCCOCC(CNC(=O)CCCNC(=O)CCOCCOC(C)(C)CCOC(C)(C)CCNC(=O)CCCNC(=O)c1ccc(N(C=O)Cc2cnc3nc(N=CN(C)C)[nH]c(=O)c3n2)cc1)OCCCCCCCCCCCCCC. The molecular weight excluding hydrogens is 1190 g/mol. The van der Waals surface area contributed by atoms with Gasteiger partial charge in [0.25, 0.3) is 11.5 Å². The number of unbranched alkanes of at least 4 members (excludes halogenated alkanes) is 22. The van der Waals surface area contributed by atoms with E-state index in [9.17, 15) is 28.8 Å². The van der Waals surface area contributed by atoms with Crippen molar-refractivity contribution in [1.29, 1.82) is 0 Å². The molecule has 3 aromatic rings. The average molecular weight is 1320 g/mol. The third kappa shape index (κ3) is 41.1. The minimum Gasteiger partial charge on any atom is -0.379 e. The van der Waals surface area contributed by atoms with Crippen LogP contribution in [0.2, 0.25) is 0 Å². The van der Waals surface area contributed by atoms with Crippen molar-refractivity contribution in [2.45, 2.75) is 264 Å². The van der Waals surface area contributed by atoms with Gasteiger partial charge in [-0.05, 0) is 90.5 Å². The molecule has 0 bridgehead atoms. The Kier molecular flexibility index (Phi) is 45.0. The van der Waals surface area contributed by atoms with E-state index < -0.39 is 16.8 Å². The van der Waals surface area contributed by atoms with Gasteiger partial charge in [-0.1, -0.05) is 155 Å². The second-order valence-electron chi connectivity index (χ2n) is 26.3. The van der Waals surface area contributed by atoms with E-state index in [-0.39, 0.29) is 72.8 Å². The maximum absolute atomic E-state index is 12.9. The maximum atomic E-state index is 12.9. The number of benzene rings is 1. The number of amides is 5. The highest BCUT2D eigenvalue weighted by Crippen LogP contribution is 2.21. The molecule has 0 saturated carbocycles. The zero-order valence-corrected chi connectivity index (χ0v) is 59.2. The van der Waals surface area contributed by atoms with Gasteiger partial charge in [-0.3, -0.25) is 33.8 Å². The first-order valence-electron chi connectivity index (χ1n) is 35.9. The van der Waals surface area contributed by atoms with Crippen LogP contribution in [0.5, 0.6) is 0 Å². The Morgan fingerprint density at radius 3 is 1.71 bits per heavy atom. The molecule has 2 aromatic heterocycles. The molecule has 94 heavy (non-hydrogen) atoms. The Morgan fingerprint density at radius 1 is 0.585 bits per heavy atom. The number of H-pyrrole nitrogens is 1. The lowest BCUT2D eigenvalue weighted by Gasteiger charge is -2.30. The Balaban J connectivity index is 1.20. The van der Waals surface area contributed by atoms with Crippen LogP contribution in [0.15, 0.2) is 40.2 Å². The summed E-state index contributed by atoms with van der Waals surface area (Å²) in [7, 11) is 3.57. The summed E-state index contributed by atoms with van der Waals surface area (Å²) in [4.78, 5) is 98.3. The summed E-state index contributed by atoms with van der Waals surface area (Å²) in [6.07, 6.45) is 37.6. The van der Waals surface area contributed by atoms with Crippen LogP contribution >= 0.6 is 0 Å². The molecular formula is C72H123N11O11. The van der Waals surface area contributed by atoms with Crippen molar-refractivity contribution < 1.29 is 47.7 Å². The van der Waals surface area contributed by atoms with Crippen LogP contribution in [0, 0.1) is 0 Å². The zero-order valence-electron chi connectivity index (χ0n) is 59.2. The molecule has 2 heterocycles. The maximum Gasteiger partial charge on any atom is 0.280 e. The third-order valence-corrected chi connectivity index (χ3v) is 16.3. The summed E-state index contributed by atoms with van der Waals surface area (Å²) < 4.78 is 30.4. The number of rotatable bonds is 60. The van der Waals surface area contributed by atoms with Gasteiger partial charge in [-0.15, -0.1) is 0 Å². The number of aliphatic imine (C=N–C) groups is 1. The van der Waals surface area contributed by atoms with Crippen molar-refractivity contribution in [3.63, 3.8) is 0 Å². The lowest BCUT2D eigenvalue weighted by atomic mass is 10.0. The first kappa shape index (κ1) is 82.3. The fourth-order valence-corrected chi connectivity index (χ4v) is 10.4. The standard InChI is InChI=1S/C72H123N11O11/c1-9-11-13-15-17-19-21-23-25-27-29-31-47-91-56-62(92-48-32-30-28-26-24-22-20-18-16-14-12-10-2)54-76-64(86)36-33-44-73-65(87)41-49-90-51-52-94-72(5,6)43-50-93-71(3,4)42-46-74-63(85)35-34-45-75-68(88)59-37-39-61(40-38-59)83(58-84)55-60-53-77-67-66(79-60)69(89)81-70(80-67)78-57-82(7)8/h37-40,53,57-58,62H,9-36,41-52,54-56H2,1-8H3,(H,73,87)(H,74,85)(H,75,88)(H,76,86)(H,77,80,81,89). The van der Waals surface area contributed by atoms with Gasteiger partial charge in [-0.25, -0.2) is 15.0 Å². The van der Waals surface area contributed by atoms with E-state index in [0.29, 0.717) is 121 Å². The first-order valence-corrected chi connectivity index (χ1v) is 35.9. The van der Waals surface area contributed by atoms with Crippen LogP contribution in [0.25, 0.3) is 11.2 Å². The summed E-state index contributed by atoms with van der Waals surface area (Å²) in [6, 6.07) is 6.46. The Labute approximate surface area is 563 Å². The summed E-state index contributed by atoms with van der Waals surface area (Å²) in [6.45, 7) is 17.3. The number of nitrogens with zero attached hydrogens (tertiary/aromatic N) is 6. The number of carbonyl (C=O) groups excluding carboxylic acids is 5. The van der Waals surface area contributed by atoms with Gasteiger partial charge in [0.05, 0.1) is 75.1 Å². The lowest BCUT2D eigenvalue weighted by Crippen LogP contribution is -2.37. The molecule has 0 aliphatic carbocycles. The van der Waals surface area contributed by atoms with E-state index in [1.165, 1.54) is 152 Å². The number of ether oxygens (including phenoxy) is 5. The van der Waals surface area contributed by atoms with Gasteiger partial charge in [-0.2, -0.15) is 4.98 Å². The minimum absolute atomic E-state index is 0.0149. The Morgan fingerprint density at radius 2 is 1.12 bits per heavy atom. The highest BCUT2D eigenvalue weighted by Gasteiger charge is 2.24. The molecule has 0 aliphatic heterocycles. The molecule has 22 heteroatoms. The molecule has 0 saturated heterocycles. The summed E-state index contributed by atoms with van der Waals surface area (Å²) in [5.74, 6) is -0.536. The van der Waals surface area contributed by atoms with Crippen molar-refractivity contribution in [2.75, 3.05) is 91.4 Å². The van der Waals surface area contributed by atoms with E-state index in [1.807, 2.05) is 27.7 Å². The van der Waals surface area contributed by atoms with Crippen LogP contribution in [-0.2, 0) is 49.4 Å². The fraction of sp³-hybridized carbons (Fsp3) is 0.750. The fourth-order valence-electron chi connectivity index (χ4n) is 10.4. The molecule has 0 radical (unpaired) electrons. The number of anilines is 1. The van der Waals surface area contributed by atoms with Crippen LogP contribution in [-0.4, -0.2) is 165 Å². The highest BCUT2D eigenvalue weighted by molar-refractivity contribution is 5.94. The van der Waals surface area contributed by atoms with Crippen molar-refractivity contribution in [1.82, 2.24) is 46.1 Å². The van der Waals surface area contributed by atoms with E-state index in [1.54, 1.807) is 43.3 Å². The largest absolute Gasteiger partial charge is 0.379 e. The van der Waals surface area contributed by atoms with E-state index >= 15 is 0 Å². The predicted octanol–water partition coefficient (Wildman–Crippen LogP) is 12.3. The normalized spacial score (nSPS) is 12.1. The molecule has 0 aliphatic rings. The Bertz CT molecular complexity index is 2600. The second-order valence-corrected chi connectivity index (χ2v) is 26.3. The zero-order chi connectivity index (χ0) is 68.3. The van der Waals surface area contributed by atoms with E-state index in [4.69, 9.17) is 23.7 Å². The molecule has 0 spiro atoms. The minimum atomic E-state index is -0.514. The number of carbonyl (C=O) groups is 5. The summed E-state index contributed by atoms with van der Waals surface area (Å²) in [5.41, 5.74) is -0.101. The van der Waals surface area contributed by atoms with Crippen molar-refractivity contribution >= 4 is 59.2 Å². The van der Waals surface area contributed by atoms with Gasteiger partial charge in [0.1, 0.15) is 0 Å². The third-order valence-electron chi connectivity index (χ3n) is 16.3. The monoisotopic (exact) mass is 1320 g/mol. The van der Waals surface area contributed by atoms with Gasteiger partial charge < -0.3 is 54.8 Å². The second kappa shape index (κ2) is 51.3. The van der Waals surface area contributed by atoms with Crippen LogP contribution in [0.3, 0.4) is 0 Å². The molecule has 1 aromatic carbocycles. The van der Waals surface area contributed by atoms with Crippen LogP contribution in [0.1, 0.15) is 257 Å². The topological polar surface area (TPSA) is 270 Å². The first-order chi connectivity index (χ1) is 45.4. The molecule has 532 valence electrons. The van der Waals surface area contributed by atoms with Crippen molar-refractivity contribution in [3.8, 4) is 0 Å².